The van der Waals surface area contributed by atoms with Gasteiger partial charge in [0.1, 0.15) is 0 Å². The van der Waals surface area contributed by atoms with Gasteiger partial charge in [0.25, 0.3) is 0 Å². The number of likely N-dealkylation sites (N-methyl/N-ethyl adjacent to an activating group) is 1. The van der Waals surface area contributed by atoms with E-state index in [1.54, 1.807) is 31.3 Å². The summed E-state index contributed by atoms with van der Waals surface area (Å²) in [6.07, 6.45) is 7.35. The fraction of sp³-hybridized carbons (Fsp3) is 0.529. The van der Waals surface area contributed by atoms with Gasteiger partial charge in [-0.3, -0.25) is 14.7 Å². The molecule has 120 valence electrons. The van der Waals surface area contributed by atoms with Gasteiger partial charge in [0.15, 0.2) is 0 Å². The van der Waals surface area contributed by atoms with Gasteiger partial charge in [0.05, 0.1) is 19.3 Å². The summed E-state index contributed by atoms with van der Waals surface area (Å²) in [5.74, 6) is 0.126. The molecule has 1 aliphatic rings. The van der Waals surface area contributed by atoms with Gasteiger partial charge in [-0.25, -0.2) is 0 Å². The lowest BCUT2D eigenvalue weighted by Gasteiger charge is -2.28. The maximum atomic E-state index is 12.0. The van der Waals surface area contributed by atoms with E-state index in [-0.39, 0.29) is 18.1 Å². The lowest BCUT2D eigenvalue weighted by atomic mass is 10.0. The Kier molecular flexibility index (Phi) is 6.10. The quantitative estimate of drug-likeness (QED) is 0.714. The number of ether oxygens (including phenoxy) is 1. The standard InChI is InChI=1S/C17H25N3O2/c1-4-10-22-16-7-9-20(13-17(21)19(2)3)15(16)11-14-6-5-8-18-12-14/h4-6,8,12,15-16H,1,7,9-11,13H2,2-3H3/t15-,16-/m0/s1. The number of rotatable bonds is 7. The van der Waals surface area contributed by atoms with Crippen molar-refractivity contribution >= 4 is 5.91 Å². The van der Waals surface area contributed by atoms with E-state index >= 15 is 0 Å². The van der Waals surface area contributed by atoms with Crippen molar-refractivity contribution in [3.05, 3.63) is 42.7 Å². The zero-order chi connectivity index (χ0) is 15.9. The monoisotopic (exact) mass is 303 g/mol. The average Bonchev–Trinajstić information content (AvgIpc) is 2.88. The molecule has 2 heterocycles. The van der Waals surface area contributed by atoms with Crippen LogP contribution in [0, 0.1) is 0 Å². The minimum atomic E-state index is 0.126. The first-order valence-electron chi connectivity index (χ1n) is 7.67. The molecule has 0 saturated carbocycles. The number of hydrogen-bond donors (Lipinski definition) is 0. The van der Waals surface area contributed by atoms with Crippen molar-refractivity contribution in [2.24, 2.45) is 0 Å². The summed E-state index contributed by atoms with van der Waals surface area (Å²) in [5.41, 5.74) is 1.17. The van der Waals surface area contributed by atoms with Gasteiger partial charge in [0.2, 0.25) is 5.91 Å². The third kappa shape index (κ3) is 4.39. The molecule has 1 fully saturated rings. The molecule has 1 saturated heterocycles. The molecule has 1 amide bonds. The molecule has 5 heteroatoms. The molecule has 0 aliphatic carbocycles. The number of nitrogens with zero attached hydrogens (tertiary/aromatic N) is 3. The molecule has 0 bridgehead atoms. The molecule has 2 atom stereocenters. The molecular weight excluding hydrogens is 278 g/mol. The first-order valence-corrected chi connectivity index (χ1v) is 7.67. The third-order valence-electron chi connectivity index (χ3n) is 4.03. The Hall–Kier alpha value is -1.72. The number of aromatic nitrogens is 1. The molecule has 1 aromatic heterocycles. The molecular formula is C17H25N3O2. The zero-order valence-corrected chi connectivity index (χ0v) is 13.4. The van der Waals surface area contributed by atoms with E-state index in [2.05, 4.69) is 22.5 Å². The highest BCUT2D eigenvalue weighted by molar-refractivity contribution is 5.77. The SMILES string of the molecule is C=CCO[C@H]1CCN(CC(=O)N(C)C)[C@H]1Cc1cccnc1. The number of hydrogen-bond acceptors (Lipinski definition) is 4. The van der Waals surface area contributed by atoms with Crippen molar-refractivity contribution in [3.8, 4) is 0 Å². The van der Waals surface area contributed by atoms with E-state index < -0.39 is 0 Å². The van der Waals surface area contributed by atoms with Crippen molar-refractivity contribution in [2.75, 3.05) is 33.8 Å². The highest BCUT2D eigenvalue weighted by Gasteiger charge is 2.35. The summed E-state index contributed by atoms with van der Waals surface area (Å²) < 4.78 is 5.90. The van der Waals surface area contributed by atoms with Gasteiger partial charge >= 0.3 is 0 Å². The van der Waals surface area contributed by atoms with Crippen LogP contribution in [0.1, 0.15) is 12.0 Å². The fourth-order valence-corrected chi connectivity index (χ4v) is 2.80. The van der Waals surface area contributed by atoms with E-state index in [0.717, 1.165) is 19.4 Å². The van der Waals surface area contributed by atoms with Crippen LogP contribution in [0.4, 0.5) is 0 Å². The number of carbonyl (C=O) groups is 1. The van der Waals surface area contributed by atoms with E-state index in [1.807, 2.05) is 12.3 Å². The minimum Gasteiger partial charge on any atom is -0.372 e. The molecule has 0 unspecified atom stereocenters. The lowest BCUT2D eigenvalue weighted by molar-refractivity contribution is -0.130. The van der Waals surface area contributed by atoms with Crippen molar-refractivity contribution in [2.45, 2.75) is 25.0 Å². The predicted molar refractivity (Wildman–Crippen MR) is 86.6 cm³/mol. The fourth-order valence-electron chi connectivity index (χ4n) is 2.80. The van der Waals surface area contributed by atoms with Crippen LogP contribution in [0.5, 0.6) is 0 Å². The second-order valence-corrected chi connectivity index (χ2v) is 5.84. The molecule has 22 heavy (non-hydrogen) atoms. The van der Waals surface area contributed by atoms with Crippen molar-refractivity contribution in [3.63, 3.8) is 0 Å². The smallest absolute Gasteiger partial charge is 0.236 e. The topological polar surface area (TPSA) is 45.7 Å². The number of pyridine rings is 1. The summed E-state index contributed by atoms with van der Waals surface area (Å²) >= 11 is 0. The van der Waals surface area contributed by atoms with Gasteiger partial charge in [-0.2, -0.15) is 0 Å². The first-order chi connectivity index (χ1) is 10.6. The van der Waals surface area contributed by atoms with E-state index in [4.69, 9.17) is 4.74 Å². The highest BCUT2D eigenvalue weighted by Crippen LogP contribution is 2.24. The van der Waals surface area contributed by atoms with Gasteiger partial charge in [0, 0.05) is 39.1 Å². The van der Waals surface area contributed by atoms with Crippen LogP contribution in [0.3, 0.4) is 0 Å². The van der Waals surface area contributed by atoms with Gasteiger partial charge in [-0.05, 0) is 24.5 Å². The van der Waals surface area contributed by atoms with E-state index in [0.29, 0.717) is 13.2 Å². The maximum Gasteiger partial charge on any atom is 0.236 e. The van der Waals surface area contributed by atoms with Crippen LogP contribution < -0.4 is 0 Å². The Labute approximate surface area is 132 Å². The van der Waals surface area contributed by atoms with Gasteiger partial charge < -0.3 is 9.64 Å². The molecule has 2 rings (SSSR count). The first kappa shape index (κ1) is 16.6. The Morgan fingerprint density at radius 1 is 1.59 bits per heavy atom. The third-order valence-corrected chi connectivity index (χ3v) is 4.03. The molecule has 1 aliphatic heterocycles. The van der Waals surface area contributed by atoms with Crippen LogP contribution in [0.2, 0.25) is 0 Å². The second-order valence-electron chi connectivity index (χ2n) is 5.84. The van der Waals surface area contributed by atoms with Crippen LogP contribution in [-0.4, -0.2) is 66.6 Å². The van der Waals surface area contributed by atoms with E-state index in [9.17, 15) is 4.79 Å². The molecule has 0 spiro atoms. The zero-order valence-electron chi connectivity index (χ0n) is 13.4. The Morgan fingerprint density at radius 3 is 3.05 bits per heavy atom. The van der Waals surface area contributed by atoms with E-state index in [1.165, 1.54) is 5.56 Å². The molecule has 0 aromatic carbocycles. The van der Waals surface area contributed by atoms with Crippen molar-refractivity contribution in [1.82, 2.24) is 14.8 Å². The summed E-state index contributed by atoms with van der Waals surface area (Å²) in [7, 11) is 3.58. The Bertz CT molecular complexity index is 490. The summed E-state index contributed by atoms with van der Waals surface area (Å²) in [6.45, 7) is 5.57. The van der Waals surface area contributed by atoms with Crippen molar-refractivity contribution in [1.29, 1.82) is 0 Å². The Morgan fingerprint density at radius 2 is 2.41 bits per heavy atom. The average molecular weight is 303 g/mol. The van der Waals surface area contributed by atoms with Crippen LogP contribution in [0.25, 0.3) is 0 Å². The highest BCUT2D eigenvalue weighted by atomic mass is 16.5. The van der Waals surface area contributed by atoms with Gasteiger partial charge in [-0.1, -0.05) is 12.1 Å². The molecule has 1 aromatic rings. The number of likely N-dealkylation sites (tertiary alicyclic amines) is 1. The summed E-state index contributed by atoms with van der Waals surface area (Å²) in [5, 5.41) is 0. The summed E-state index contributed by atoms with van der Waals surface area (Å²) in [4.78, 5) is 20.1. The van der Waals surface area contributed by atoms with Gasteiger partial charge in [-0.15, -0.1) is 6.58 Å². The number of amides is 1. The van der Waals surface area contributed by atoms with Crippen LogP contribution in [0.15, 0.2) is 37.2 Å². The normalized spacial score (nSPS) is 21.7. The number of carbonyl (C=O) groups excluding carboxylic acids is 1. The summed E-state index contributed by atoms with van der Waals surface area (Å²) in [6, 6.07) is 4.22. The molecule has 5 nitrogen and oxygen atoms in total. The predicted octanol–water partition coefficient (Wildman–Crippen LogP) is 1.36. The second kappa shape index (κ2) is 8.06. The maximum absolute atomic E-state index is 12.0. The Balaban J connectivity index is 2.07. The largest absolute Gasteiger partial charge is 0.372 e. The van der Waals surface area contributed by atoms with Crippen LogP contribution >= 0.6 is 0 Å². The minimum absolute atomic E-state index is 0.126. The lowest BCUT2D eigenvalue weighted by Crippen LogP contribution is -2.43. The van der Waals surface area contributed by atoms with Crippen molar-refractivity contribution < 1.29 is 9.53 Å². The molecule has 0 radical (unpaired) electrons. The molecule has 0 N–H and O–H groups in total. The van der Waals surface area contributed by atoms with Crippen LogP contribution in [-0.2, 0) is 16.0 Å².